The number of esters is 1. The van der Waals surface area contributed by atoms with Gasteiger partial charge in [0, 0.05) is 30.3 Å². The maximum Gasteiger partial charge on any atom is 0.402 e. The summed E-state index contributed by atoms with van der Waals surface area (Å²) in [5.74, 6) is -4.82. The Balaban J connectivity index is 1.12. The Morgan fingerprint density at radius 2 is 1.31 bits per heavy atom. The van der Waals surface area contributed by atoms with E-state index in [-0.39, 0.29) is 45.3 Å². The van der Waals surface area contributed by atoms with Crippen LogP contribution in [-0.4, -0.2) is 190 Å². The van der Waals surface area contributed by atoms with Crippen LogP contribution in [0, 0.1) is 0 Å². The zero-order chi connectivity index (χ0) is 48.6. The average Bonchev–Trinajstić information content (AvgIpc) is 3.30. The summed E-state index contributed by atoms with van der Waals surface area (Å²) in [6.45, 7) is -0.0866. The molecule has 15 atom stereocenters. The standard InChI is InChI=1S/C43H48O24/c1-15-39(67-29(49)6-4-16-3-5-20(46)21(47)7-16)35(55)38(58)41(61-15)60-14-28-32(52)34(54)37(57)43(66-28)64-26-12-19-23(62-40(26)17-8-22(48)30(50)25(9-17)59-2)10-18(45)11-24(19)63-42-36(56)33(53)31(51)27(13-44)65-42/h3-12,15,27-28,31-39,41-44,51-58H,13-14H2,1-2H3,(H4-,45,46,47,48,49,50)/p+1/t15-,27+,28+,31+,32+,33-,34-,35-,36+,37+,38+,39-,41+,42+,43+/m0/s1. The predicted octanol–water partition coefficient (Wildman–Crippen LogP) is -1.61. The van der Waals surface area contributed by atoms with Gasteiger partial charge in [-0.1, -0.05) is 6.07 Å². The van der Waals surface area contributed by atoms with Gasteiger partial charge in [-0.2, -0.15) is 0 Å². The highest BCUT2D eigenvalue weighted by atomic mass is 16.7. The van der Waals surface area contributed by atoms with Crippen molar-refractivity contribution in [3.8, 4) is 57.3 Å². The van der Waals surface area contributed by atoms with Crippen LogP contribution in [0.4, 0.5) is 0 Å². The van der Waals surface area contributed by atoms with Gasteiger partial charge in [0.25, 0.3) is 0 Å². The molecule has 1 aromatic heterocycles. The van der Waals surface area contributed by atoms with E-state index >= 15 is 0 Å². The number of rotatable bonds is 13. The molecule has 67 heavy (non-hydrogen) atoms. The van der Waals surface area contributed by atoms with Crippen molar-refractivity contribution in [2.24, 2.45) is 0 Å². The van der Waals surface area contributed by atoms with Gasteiger partial charge in [-0.3, -0.25) is 0 Å². The van der Waals surface area contributed by atoms with Gasteiger partial charge in [0.1, 0.15) is 77.9 Å². The van der Waals surface area contributed by atoms with Gasteiger partial charge in [0.15, 0.2) is 35.4 Å². The number of benzene rings is 3. The molecule has 4 aromatic rings. The molecule has 4 heterocycles. The van der Waals surface area contributed by atoms with Gasteiger partial charge in [-0.15, -0.1) is 0 Å². The number of aromatic hydroxyl groups is 5. The second kappa shape index (κ2) is 20.2. The van der Waals surface area contributed by atoms with E-state index in [1.165, 1.54) is 50.4 Å². The lowest BCUT2D eigenvalue weighted by molar-refractivity contribution is -0.319. The lowest BCUT2D eigenvalue weighted by Gasteiger charge is -2.42. The SMILES string of the molecule is COc1cc(-c2[o+]c3cc(O)cc(O[C@@H]4O[C@H](CO)[C@@H](O)[C@H](O)[C@H]4O)c3cc2O[C@@H]2O[C@H](CO[C@@H]3O[C@@H](C)[C@H](OC(=O)C=Cc4ccc(O)c(O)c4)[C@@H](O)[C@H]3O)[C@@H](O)[C@H](O)[C@H]2O)cc(O)c1O. The van der Waals surface area contributed by atoms with Crippen molar-refractivity contribution in [3.05, 3.63) is 60.2 Å². The number of aliphatic hydroxyl groups is 9. The number of aliphatic hydroxyl groups excluding tert-OH is 9. The number of carbonyl (C=O) groups is 1. The second-order valence-electron chi connectivity index (χ2n) is 15.8. The molecule has 3 aliphatic heterocycles. The number of carbonyl (C=O) groups excluding carboxylic acids is 1. The first kappa shape index (κ1) is 49.1. The van der Waals surface area contributed by atoms with Crippen molar-refractivity contribution in [1.29, 1.82) is 0 Å². The van der Waals surface area contributed by atoms with Crippen LogP contribution in [0.3, 0.4) is 0 Å². The molecule has 0 unspecified atom stereocenters. The van der Waals surface area contributed by atoms with E-state index in [9.17, 15) is 76.3 Å². The second-order valence-corrected chi connectivity index (χ2v) is 15.8. The highest BCUT2D eigenvalue weighted by Gasteiger charge is 2.50. The fourth-order valence-electron chi connectivity index (χ4n) is 7.48. The summed E-state index contributed by atoms with van der Waals surface area (Å²) in [6, 6.07) is 9.41. The smallest absolute Gasteiger partial charge is 0.402 e. The Hall–Kier alpha value is -5.84. The molecular formula is C43H49O24+. The zero-order valence-electron chi connectivity index (χ0n) is 35.2. The zero-order valence-corrected chi connectivity index (χ0v) is 35.2. The highest BCUT2D eigenvalue weighted by molar-refractivity contribution is 5.89. The van der Waals surface area contributed by atoms with Gasteiger partial charge in [0.05, 0.1) is 38.1 Å². The van der Waals surface area contributed by atoms with Crippen molar-refractivity contribution in [2.75, 3.05) is 20.3 Å². The molecule has 24 heteroatoms. The fourth-order valence-corrected chi connectivity index (χ4v) is 7.48. The molecule has 7 rings (SSSR count). The minimum absolute atomic E-state index is 0.0525. The third kappa shape index (κ3) is 10.2. The first-order chi connectivity index (χ1) is 31.8. The third-order valence-electron chi connectivity index (χ3n) is 11.2. The number of ether oxygens (including phenoxy) is 8. The van der Waals surface area contributed by atoms with Crippen molar-refractivity contribution >= 4 is 23.0 Å². The van der Waals surface area contributed by atoms with E-state index in [1.807, 2.05) is 0 Å². The van der Waals surface area contributed by atoms with Crippen LogP contribution in [0.25, 0.3) is 28.4 Å². The summed E-state index contributed by atoms with van der Waals surface area (Å²) in [6.07, 6.45) is -23.6. The Bertz CT molecular complexity index is 2430. The van der Waals surface area contributed by atoms with Crippen molar-refractivity contribution in [3.63, 3.8) is 0 Å². The topological polar surface area (TPSA) is 385 Å². The molecular weight excluding hydrogens is 900 g/mol. The number of phenols is 5. The van der Waals surface area contributed by atoms with Crippen molar-refractivity contribution in [1.82, 2.24) is 0 Å². The summed E-state index contributed by atoms with van der Waals surface area (Å²) in [5.41, 5.74) is 0.0995. The van der Waals surface area contributed by atoms with E-state index in [0.717, 1.165) is 24.3 Å². The number of fused-ring (bicyclic) bond motifs is 1. The molecule has 0 amide bonds. The van der Waals surface area contributed by atoms with E-state index in [4.69, 9.17) is 42.3 Å². The lowest BCUT2D eigenvalue weighted by atomic mass is 9.98. The van der Waals surface area contributed by atoms with Crippen LogP contribution in [0.2, 0.25) is 0 Å². The molecule has 14 N–H and O–H groups in total. The molecule has 3 aromatic carbocycles. The minimum atomic E-state index is -2.02. The van der Waals surface area contributed by atoms with E-state index in [2.05, 4.69) is 0 Å². The molecule has 0 radical (unpaired) electrons. The highest BCUT2D eigenvalue weighted by Crippen LogP contribution is 2.46. The number of phenolic OH excluding ortho intramolecular Hbond substituents is 5. The Labute approximate surface area is 378 Å². The molecule has 364 valence electrons. The van der Waals surface area contributed by atoms with Gasteiger partial charge < -0.3 is 109 Å². The van der Waals surface area contributed by atoms with Gasteiger partial charge in [-0.25, -0.2) is 9.21 Å². The average molecular weight is 950 g/mol. The van der Waals surface area contributed by atoms with E-state index in [0.29, 0.717) is 5.56 Å². The number of methoxy groups -OCH3 is 1. The van der Waals surface area contributed by atoms with Crippen molar-refractivity contribution < 1.29 is 119 Å². The van der Waals surface area contributed by atoms with E-state index in [1.54, 1.807) is 0 Å². The fraction of sp³-hybridized carbons (Fsp3) is 0.442. The maximum atomic E-state index is 12.6. The van der Waals surface area contributed by atoms with Gasteiger partial charge >= 0.3 is 17.3 Å². The summed E-state index contributed by atoms with van der Waals surface area (Å²) in [5, 5.41) is 147. The molecule has 3 aliphatic rings. The number of hydrogen-bond acceptors (Lipinski definition) is 23. The van der Waals surface area contributed by atoms with E-state index < -0.39 is 134 Å². The first-order valence-corrected chi connectivity index (χ1v) is 20.4. The maximum absolute atomic E-state index is 12.6. The summed E-state index contributed by atoms with van der Waals surface area (Å²) >= 11 is 0. The van der Waals surface area contributed by atoms with Crippen LogP contribution >= 0.6 is 0 Å². The first-order valence-electron chi connectivity index (χ1n) is 20.4. The van der Waals surface area contributed by atoms with Crippen LogP contribution < -0.4 is 14.2 Å². The van der Waals surface area contributed by atoms with Gasteiger partial charge in [-0.05, 0) is 30.7 Å². The van der Waals surface area contributed by atoms with Crippen molar-refractivity contribution in [2.45, 2.75) is 99.0 Å². The number of hydrogen-bond donors (Lipinski definition) is 14. The predicted molar refractivity (Wildman–Crippen MR) is 220 cm³/mol. The van der Waals surface area contributed by atoms with Crippen LogP contribution in [-0.2, 0) is 28.5 Å². The minimum Gasteiger partial charge on any atom is -0.507 e. The molecule has 3 fully saturated rings. The lowest BCUT2D eigenvalue weighted by Crippen LogP contribution is -2.62. The van der Waals surface area contributed by atoms with Crippen LogP contribution in [0.1, 0.15) is 12.5 Å². The van der Waals surface area contributed by atoms with Gasteiger partial charge in [0.2, 0.25) is 24.1 Å². The third-order valence-corrected chi connectivity index (χ3v) is 11.2. The Kier molecular flexibility index (Phi) is 14.8. The Morgan fingerprint density at radius 1 is 0.672 bits per heavy atom. The summed E-state index contributed by atoms with van der Waals surface area (Å²) < 4.78 is 51.2. The monoisotopic (exact) mass is 949 g/mol. The molecule has 24 nitrogen and oxygen atoms in total. The largest absolute Gasteiger partial charge is 0.507 e. The van der Waals surface area contributed by atoms with Crippen LogP contribution in [0.5, 0.6) is 46.0 Å². The molecule has 0 spiro atoms. The molecule has 0 bridgehead atoms. The molecule has 0 aliphatic carbocycles. The summed E-state index contributed by atoms with van der Waals surface area (Å²) in [7, 11) is 1.19. The molecule has 3 saturated heterocycles. The van der Waals surface area contributed by atoms with Crippen LogP contribution in [0.15, 0.2) is 59.0 Å². The quantitative estimate of drug-likeness (QED) is 0.0310. The molecule has 0 saturated carbocycles. The Morgan fingerprint density at radius 3 is 1.97 bits per heavy atom. The summed E-state index contributed by atoms with van der Waals surface area (Å²) in [4.78, 5) is 12.6. The normalized spacial score (nSPS) is 32.3.